The number of nitrogens with zero attached hydrogens (tertiary/aromatic N) is 4. The average Bonchev–Trinajstić information content (AvgIpc) is 2.95. The Morgan fingerprint density at radius 1 is 0.553 bits per heavy atom. The van der Waals surface area contributed by atoms with Crippen LogP contribution in [-0.2, 0) is 0 Å². The molecule has 190 valence electrons. The van der Waals surface area contributed by atoms with Crippen LogP contribution in [-0.4, -0.2) is 19.9 Å². The van der Waals surface area contributed by atoms with Crippen molar-refractivity contribution in [2.45, 2.75) is 64.2 Å². The van der Waals surface area contributed by atoms with Crippen molar-refractivity contribution in [2.75, 3.05) is 0 Å². The van der Waals surface area contributed by atoms with Gasteiger partial charge in [0.2, 0.25) is 0 Å². The van der Waals surface area contributed by atoms with Gasteiger partial charge in [-0.05, 0) is 94.9 Å². The summed E-state index contributed by atoms with van der Waals surface area (Å²) in [5.41, 5.74) is 9.99. The molecule has 4 heteroatoms. The molecule has 4 aromatic rings. The topological polar surface area (TPSA) is 51.6 Å². The van der Waals surface area contributed by atoms with Crippen LogP contribution >= 0.6 is 0 Å². The van der Waals surface area contributed by atoms with Crippen molar-refractivity contribution in [3.05, 3.63) is 95.6 Å². The van der Waals surface area contributed by atoms with Crippen LogP contribution in [0.5, 0.6) is 0 Å². The van der Waals surface area contributed by atoms with E-state index in [0.29, 0.717) is 35.5 Å². The summed E-state index contributed by atoms with van der Waals surface area (Å²) in [7, 11) is 0. The molecule has 0 amide bonds. The van der Waals surface area contributed by atoms with Crippen LogP contribution in [0, 0.1) is 22.7 Å². The number of rotatable bonds is 3. The second-order valence-corrected chi connectivity index (χ2v) is 13.3. The van der Waals surface area contributed by atoms with Gasteiger partial charge in [0.1, 0.15) is 0 Å². The van der Waals surface area contributed by atoms with Crippen molar-refractivity contribution < 1.29 is 0 Å². The van der Waals surface area contributed by atoms with E-state index in [9.17, 15) is 0 Å². The van der Waals surface area contributed by atoms with E-state index < -0.39 is 0 Å². The van der Waals surface area contributed by atoms with Gasteiger partial charge in [-0.1, -0.05) is 52.0 Å². The SMILES string of the molecule is CC1(C)[C@@H]2C[C@H]1c1ccc(-c3ccccn3)nc1[C@H]2[C@@H]1c2nc(-c3ccccn3)ccc2[C@@H]2C[C@H]1C2(C)C. The van der Waals surface area contributed by atoms with Crippen LogP contribution in [0.15, 0.2) is 73.1 Å². The normalized spacial score (nSPS) is 30.8. The number of fused-ring (bicyclic) bond motifs is 1. The molecule has 0 spiro atoms. The van der Waals surface area contributed by atoms with Gasteiger partial charge in [0, 0.05) is 35.6 Å². The lowest BCUT2D eigenvalue weighted by atomic mass is 9.37. The Labute approximate surface area is 225 Å². The van der Waals surface area contributed by atoms with E-state index in [2.05, 4.69) is 86.2 Å². The summed E-state index contributed by atoms with van der Waals surface area (Å²) in [4.78, 5) is 20.2. The van der Waals surface area contributed by atoms with E-state index in [0.717, 1.165) is 22.8 Å². The minimum absolute atomic E-state index is 0.273. The first-order valence-electron chi connectivity index (χ1n) is 14.2. The smallest absolute Gasteiger partial charge is 0.0889 e. The highest BCUT2D eigenvalue weighted by Crippen LogP contribution is 2.75. The predicted octanol–water partition coefficient (Wildman–Crippen LogP) is 7.75. The number of hydrogen-bond donors (Lipinski definition) is 0. The maximum absolute atomic E-state index is 5.44. The van der Waals surface area contributed by atoms with Gasteiger partial charge in [-0.25, -0.2) is 0 Å². The zero-order valence-corrected chi connectivity index (χ0v) is 22.6. The average molecular weight is 499 g/mol. The van der Waals surface area contributed by atoms with Crippen molar-refractivity contribution in [1.82, 2.24) is 19.9 Å². The van der Waals surface area contributed by atoms with E-state index in [4.69, 9.17) is 9.97 Å². The summed E-state index contributed by atoms with van der Waals surface area (Å²) < 4.78 is 0. The molecule has 4 heterocycles. The monoisotopic (exact) mass is 498 g/mol. The fourth-order valence-electron chi connectivity index (χ4n) is 8.82. The van der Waals surface area contributed by atoms with Crippen molar-refractivity contribution in [1.29, 1.82) is 0 Å². The Balaban J connectivity index is 1.33. The third-order valence-electron chi connectivity index (χ3n) is 11.1. The van der Waals surface area contributed by atoms with E-state index in [1.807, 2.05) is 24.5 Å². The molecule has 10 rings (SSSR count). The molecule has 2 saturated carbocycles. The van der Waals surface area contributed by atoms with Gasteiger partial charge in [0.15, 0.2) is 0 Å². The molecule has 6 aliphatic carbocycles. The third-order valence-corrected chi connectivity index (χ3v) is 11.1. The minimum atomic E-state index is 0.273. The quantitative estimate of drug-likeness (QED) is 0.290. The maximum Gasteiger partial charge on any atom is 0.0889 e. The van der Waals surface area contributed by atoms with Crippen LogP contribution in [0.25, 0.3) is 22.8 Å². The number of hydrogen-bond acceptors (Lipinski definition) is 4. The predicted molar refractivity (Wildman–Crippen MR) is 150 cm³/mol. The fourth-order valence-corrected chi connectivity index (χ4v) is 8.82. The third kappa shape index (κ3) is 2.86. The van der Waals surface area contributed by atoms with Crippen molar-refractivity contribution >= 4 is 0 Å². The zero-order chi connectivity index (χ0) is 25.8. The lowest BCUT2D eigenvalue weighted by molar-refractivity contribution is -0.0673. The first-order chi connectivity index (χ1) is 18.4. The molecule has 0 radical (unpaired) electrons. The molecule has 0 saturated heterocycles. The van der Waals surface area contributed by atoms with Crippen LogP contribution in [0.2, 0.25) is 0 Å². The molecule has 4 nitrogen and oxygen atoms in total. The summed E-state index contributed by atoms with van der Waals surface area (Å²) in [6, 6.07) is 21.3. The van der Waals surface area contributed by atoms with Crippen molar-refractivity contribution in [3.8, 4) is 22.8 Å². The standard InChI is InChI=1S/C34H34N4/c1-33(2)21-17-23(33)29(31-19(21)11-13-27(37-31)25-9-5-7-15-35-25)30-24-18-22(34(24,3)4)20-12-14-28(38-32(20)30)26-10-6-8-16-36-26/h5-16,21-24,29-30H,17-18H2,1-4H3/t21-,22-,23+,24+,29+,30+/m0/s1. The van der Waals surface area contributed by atoms with Crippen molar-refractivity contribution in [3.63, 3.8) is 0 Å². The second-order valence-electron chi connectivity index (χ2n) is 13.3. The lowest BCUT2D eigenvalue weighted by Gasteiger charge is -2.67. The summed E-state index contributed by atoms with van der Waals surface area (Å²) in [5, 5.41) is 0. The summed E-state index contributed by atoms with van der Waals surface area (Å²) in [6.45, 7) is 9.96. The first kappa shape index (κ1) is 22.6. The van der Waals surface area contributed by atoms with Gasteiger partial charge >= 0.3 is 0 Å². The molecule has 0 N–H and O–H groups in total. The number of pyridine rings is 4. The molecule has 4 bridgehead atoms. The van der Waals surface area contributed by atoms with E-state index in [-0.39, 0.29) is 10.8 Å². The molecule has 6 aliphatic rings. The molecule has 0 aliphatic heterocycles. The van der Waals surface area contributed by atoms with Crippen LogP contribution in [0.3, 0.4) is 0 Å². The Morgan fingerprint density at radius 2 is 1.00 bits per heavy atom. The van der Waals surface area contributed by atoms with Crippen LogP contribution < -0.4 is 0 Å². The molecule has 0 aromatic carbocycles. The van der Waals surface area contributed by atoms with Gasteiger partial charge in [0.25, 0.3) is 0 Å². The zero-order valence-electron chi connectivity index (χ0n) is 22.6. The minimum Gasteiger partial charge on any atom is -0.255 e. The second kappa shape index (κ2) is 7.59. The first-order valence-corrected chi connectivity index (χ1v) is 14.2. The Hall–Kier alpha value is -3.40. The molecule has 4 aromatic heterocycles. The van der Waals surface area contributed by atoms with E-state index >= 15 is 0 Å². The maximum atomic E-state index is 5.44. The van der Waals surface area contributed by atoms with Gasteiger partial charge in [0.05, 0.1) is 22.8 Å². The Bertz CT molecular complexity index is 1440. The Morgan fingerprint density at radius 3 is 1.37 bits per heavy atom. The molecule has 2 fully saturated rings. The van der Waals surface area contributed by atoms with Gasteiger partial charge in [-0.3, -0.25) is 19.9 Å². The Kier molecular flexibility index (Phi) is 4.51. The summed E-state index contributed by atoms with van der Waals surface area (Å²) in [6.07, 6.45) is 6.26. The van der Waals surface area contributed by atoms with E-state index in [1.54, 1.807) is 0 Å². The molecule has 38 heavy (non-hydrogen) atoms. The molecular formula is C34H34N4. The highest BCUT2D eigenvalue weighted by Gasteiger charge is 2.65. The largest absolute Gasteiger partial charge is 0.255 e. The van der Waals surface area contributed by atoms with Gasteiger partial charge in [-0.15, -0.1) is 0 Å². The van der Waals surface area contributed by atoms with Crippen LogP contribution in [0.4, 0.5) is 0 Å². The summed E-state index contributed by atoms with van der Waals surface area (Å²) in [5.74, 6) is 3.12. The molecule has 0 unspecified atom stereocenters. The summed E-state index contributed by atoms with van der Waals surface area (Å²) >= 11 is 0. The molecular weight excluding hydrogens is 464 g/mol. The number of aromatic nitrogens is 4. The van der Waals surface area contributed by atoms with Gasteiger partial charge < -0.3 is 0 Å². The van der Waals surface area contributed by atoms with Crippen LogP contribution in [0.1, 0.15) is 86.7 Å². The van der Waals surface area contributed by atoms with Gasteiger partial charge in [-0.2, -0.15) is 0 Å². The highest BCUT2D eigenvalue weighted by atomic mass is 14.9. The van der Waals surface area contributed by atoms with Crippen molar-refractivity contribution in [2.24, 2.45) is 22.7 Å². The highest BCUT2D eigenvalue weighted by molar-refractivity contribution is 5.59. The molecule has 6 atom stereocenters. The fraction of sp³-hybridized carbons (Fsp3) is 0.412. The lowest BCUT2D eigenvalue weighted by Crippen LogP contribution is -2.57. The van der Waals surface area contributed by atoms with E-state index in [1.165, 1.54) is 35.4 Å².